The zero-order valence-corrected chi connectivity index (χ0v) is 6.46. The summed E-state index contributed by atoms with van der Waals surface area (Å²) in [5, 5.41) is 0. The van der Waals surface area contributed by atoms with Crippen molar-refractivity contribution in [3.8, 4) is 0 Å². The maximum Gasteiger partial charge on any atom is 0.128 e. The van der Waals surface area contributed by atoms with Crippen LogP contribution in [0.5, 0.6) is 0 Å². The van der Waals surface area contributed by atoms with Crippen molar-refractivity contribution >= 4 is 0 Å². The molecule has 1 aliphatic rings. The molecule has 4 heteroatoms. The Morgan fingerprint density at radius 2 is 2.18 bits per heavy atom. The van der Waals surface area contributed by atoms with Gasteiger partial charge in [0.05, 0.1) is 6.61 Å². The molecule has 1 saturated heterocycles. The molecule has 0 aliphatic carbocycles. The molecule has 0 spiro atoms. The number of hydrogen-bond donors (Lipinski definition) is 1. The Morgan fingerprint density at radius 1 is 1.55 bits per heavy atom. The van der Waals surface area contributed by atoms with E-state index in [1.165, 1.54) is 0 Å². The van der Waals surface area contributed by atoms with E-state index < -0.39 is 6.17 Å². The van der Waals surface area contributed by atoms with Gasteiger partial charge in [-0.3, -0.25) is 0 Å². The van der Waals surface area contributed by atoms with Gasteiger partial charge in [-0.05, 0) is 18.8 Å². The summed E-state index contributed by atoms with van der Waals surface area (Å²) in [7, 11) is 0. The second kappa shape index (κ2) is 4.64. The summed E-state index contributed by atoms with van der Waals surface area (Å²) >= 11 is 0. The molecule has 0 aromatic rings. The number of hydrogen-bond acceptors (Lipinski definition) is 3. The minimum absolute atomic E-state index is 0.00463. The van der Waals surface area contributed by atoms with E-state index in [0.29, 0.717) is 13.2 Å². The molecule has 0 amide bonds. The van der Waals surface area contributed by atoms with Crippen LogP contribution in [-0.2, 0) is 9.57 Å². The molecule has 1 heterocycles. The van der Waals surface area contributed by atoms with Gasteiger partial charge >= 0.3 is 0 Å². The maximum atomic E-state index is 13.0. The van der Waals surface area contributed by atoms with E-state index >= 15 is 0 Å². The summed E-state index contributed by atoms with van der Waals surface area (Å²) in [6, 6.07) is 0. The van der Waals surface area contributed by atoms with Crippen molar-refractivity contribution in [1.82, 2.24) is 0 Å². The molecular formula is C7H14FNO2. The molecule has 11 heavy (non-hydrogen) atoms. The third kappa shape index (κ3) is 2.73. The minimum atomic E-state index is -0.927. The molecule has 0 aromatic carbocycles. The quantitative estimate of drug-likeness (QED) is 0.621. The number of alkyl halides is 1. The molecule has 0 saturated carbocycles. The Morgan fingerprint density at radius 3 is 2.73 bits per heavy atom. The maximum absolute atomic E-state index is 13.0. The fourth-order valence-electron chi connectivity index (χ4n) is 1.31. The molecule has 1 fully saturated rings. The molecular weight excluding hydrogens is 149 g/mol. The Bertz CT molecular complexity index is 107. The minimum Gasteiger partial charge on any atom is -0.381 e. The van der Waals surface area contributed by atoms with E-state index in [0.717, 1.165) is 12.8 Å². The van der Waals surface area contributed by atoms with Crippen LogP contribution in [0, 0.1) is 5.92 Å². The van der Waals surface area contributed by atoms with Crippen molar-refractivity contribution in [1.29, 1.82) is 0 Å². The Kier molecular flexibility index (Phi) is 3.76. The van der Waals surface area contributed by atoms with E-state index in [4.69, 9.17) is 10.6 Å². The van der Waals surface area contributed by atoms with Gasteiger partial charge in [-0.1, -0.05) is 0 Å². The summed E-state index contributed by atoms with van der Waals surface area (Å²) in [5.41, 5.74) is 0. The van der Waals surface area contributed by atoms with Crippen molar-refractivity contribution in [3.63, 3.8) is 0 Å². The molecule has 0 bridgehead atoms. The van der Waals surface area contributed by atoms with E-state index in [2.05, 4.69) is 4.84 Å². The lowest BCUT2D eigenvalue weighted by molar-refractivity contribution is 0.00107. The Balaban J connectivity index is 2.21. The molecule has 1 rings (SSSR count). The van der Waals surface area contributed by atoms with Crippen molar-refractivity contribution in [2.24, 2.45) is 11.8 Å². The van der Waals surface area contributed by atoms with E-state index in [9.17, 15) is 4.39 Å². The largest absolute Gasteiger partial charge is 0.381 e. The third-order valence-corrected chi connectivity index (χ3v) is 2.03. The molecule has 1 aliphatic heterocycles. The predicted octanol–water partition coefficient (Wildman–Crippen LogP) is 0.641. The van der Waals surface area contributed by atoms with Crippen LogP contribution in [0.4, 0.5) is 4.39 Å². The monoisotopic (exact) mass is 163 g/mol. The molecule has 0 radical (unpaired) electrons. The zero-order chi connectivity index (χ0) is 8.10. The van der Waals surface area contributed by atoms with E-state index in [1.807, 2.05) is 0 Å². The summed E-state index contributed by atoms with van der Waals surface area (Å²) in [6.07, 6.45) is 0.638. The SMILES string of the molecule is NOCC(F)C1CCOCC1. The second-order valence-electron chi connectivity index (χ2n) is 2.80. The first kappa shape index (κ1) is 8.90. The predicted molar refractivity (Wildman–Crippen MR) is 38.6 cm³/mol. The van der Waals surface area contributed by atoms with E-state index in [-0.39, 0.29) is 12.5 Å². The lowest BCUT2D eigenvalue weighted by Crippen LogP contribution is -2.28. The first-order valence-electron chi connectivity index (χ1n) is 3.88. The average Bonchev–Trinajstić information content (AvgIpc) is 2.07. The van der Waals surface area contributed by atoms with Crippen LogP contribution >= 0.6 is 0 Å². The Hall–Kier alpha value is -0.190. The van der Waals surface area contributed by atoms with Gasteiger partial charge in [0, 0.05) is 13.2 Å². The van der Waals surface area contributed by atoms with Crippen LogP contribution in [0.2, 0.25) is 0 Å². The highest BCUT2D eigenvalue weighted by molar-refractivity contribution is 4.71. The number of halogens is 1. The van der Waals surface area contributed by atoms with Crippen LogP contribution in [0.25, 0.3) is 0 Å². The highest BCUT2D eigenvalue weighted by Crippen LogP contribution is 2.20. The second-order valence-corrected chi connectivity index (χ2v) is 2.80. The van der Waals surface area contributed by atoms with Crippen LogP contribution < -0.4 is 5.90 Å². The van der Waals surface area contributed by atoms with Crippen molar-refractivity contribution < 1.29 is 14.0 Å². The van der Waals surface area contributed by atoms with Gasteiger partial charge in [-0.25, -0.2) is 10.3 Å². The highest BCUT2D eigenvalue weighted by atomic mass is 19.1. The van der Waals surface area contributed by atoms with Crippen LogP contribution in [0.1, 0.15) is 12.8 Å². The lowest BCUT2D eigenvalue weighted by Gasteiger charge is -2.24. The topological polar surface area (TPSA) is 44.5 Å². The number of rotatable bonds is 3. The lowest BCUT2D eigenvalue weighted by atomic mass is 9.95. The summed E-state index contributed by atoms with van der Waals surface area (Å²) in [4.78, 5) is 4.24. The van der Waals surface area contributed by atoms with Crippen LogP contribution in [0.15, 0.2) is 0 Å². The van der Waals surface area contributed by atoms with Gasteiger partial charge in [0.1, 0.15) is 6.17 Å². The van der Waals surface area contributed by atoms with Gasteiger partial charge in [0.25, 0.3) is 0 Å². The van der Waals surface area contributed by atoms with Gasteiger partial charge in [0.15, 0.2) is 0 Å². The number of ether oxygens (including phenoxy) is 1. The normalized spacial score (nSPS) is 23.5. The summed E-state index contributed by atoms with van der Waals surface area (Å²) < 4.78 is 18.1. The van der Waals surface area contributed by atoms with Crippen molar-refractivity contribution in [3.05, 3.63) is 0 Å². The first-order chi connectivity index (χ1) is 5.34. The van der Waals surface area contributed by atoms with Crippen LogP contribution in [-0.4, -0.2) is 26.0 Å². The molecule has 0 aromatic heterocycles. The third-order valence-electron chi connectivity index (χ3n) is 2.03. The first-order valence-corrected chi connectivity index (χ1v) is 3.88. The van der Waals surface area contributed by atoms with Gasteiger partial charge in [-0.2, -0.15) is 0 Å². The fraction of sp³-hybridized carbons (Fsp3) is 1.00. The molecule has 1 atom stereocenters. The van der Waals surface area contributed by atoms with E-state index in [1.54, 1.807) is 0 Å². The Labute approximate surface area is 65.6 Å². The molecule has 2 N–H and O–H groups in total. The fourth-order valence-corrected chi connectivity index (χ4v) is 1.31. The zero-order valence-electron chi connectivity index (χ0n) is 6.46. The molecule has 1 unspecified atom stereocenters. The summed E-state index contributed by atoms with van der Waals surface area (Å²) in [6.45, 7) is 1.33. The van der Waals surface area contributed by atoms with Gasteiger partial charge < -0.3 is 9.57 Å². The van der Waals surface area contributed by atoms with Crippen molar-refractivity contribution in [2.75, 3.05) is 19.8 Å². The van der Waals surface area contributed by atoms with Gasteiger partial charge in [-0.15, -0.1) is 0 Å². The van der Waals surface area contributed by atoms with Crippen LogP contribution in [0.3, 0.4) is 0 Å². The highest BCUT2D eigenvalue weighted by Gasteiger charge is 2.23. The molecule has 66 valence electrons. The molecule has 3 nitrogen and oxygen atoms in total. The number of nitrogens with two attached hydrogens (primary N) is 1. The van der Waals surface area contributed by atoms with Crippen molar-refractivity contribution in [2.45, 2.75) is 19.0 Å². The standard InChI is InChI=1S/C7H14FNO2/c8-7(5-11-9)6-1-3-10-4-2-6/h6-7H,1-5,9H2. The average molecular weight is 163 g/mol. The summed E-state index contributed by atoms with van der Waals surface area (Å²) in [5.74, 6) is 4.84. The van der Waals surface area contributed by atoms with Gasteiger partial charge in [0.2, 0.25) is 0 Å². The smallest absolute Gasteiger partial charge is 0.128 e.